The summed E-state index contributed by atoms with van der Waals surface area (Å²) in [6.07, 6.45) is 1.57. The van der Waals surface area contributed by atoms with Crippen LogP contribution in [0.5, 0.6) is 0 Å². The molecule has 0 aliphatic heterocycles. The van der Waals surface area contributed by atoms with E-state index in [9.17, 15) is 13.2 Å². The SMILES string of the molecule is CC1(C)Cc2nc(-c3ccc(F)c(F)c3F)sc2C(N)C1. The third-order valence-electron chi connectivity index (χ3n) is 3.75. The zero-order chi connectivity index (χ0) is 15.4. The molecule has 0 saturated carbocycles. The largest absolute Gasteiger partial charge is 0.323 e. The van der Waals surface area contributed by atoms with E-state index in [4.69, 9.17) is 5.73 Å². The number of halogens is 3. The van der Waals surface area contributed by atoms with Gasteiger partial charge in [0.05, 0.1) is 5.69 Å². The van der Waals surface area contributed by atoms with Crippen molar-refractivity contribution in [3.63, 3.8) is 0 Å². The normalized spacial score (nSPS) is 20.4. The van der Waals surface area contributed by atoms with E-state index in [1.807, 2.05) is 0 Å². The number of thiazole rings is 1. The van der Waals surface area contributed by atoms with Gasteiger partial charge >= 0.3 is 0 Å². The molecule has 2 N–H and O–H groups in total. The summed E-state index contributed by atoms with van der Waals surface area (Å²) in [5.74, 6) is -3.87. The second-order valence-corrected chi connectivity index (χ2v) is 7.24. The molecule has 1 unspecified atom stereocenters. The van der Waals surface area contributed by atoms with Crippen molar-refractivity contribution in [3.8, 4) is 10.6 Å². The van der Waals surface area contributed by atoms with E-state index in [0.29, 0.717) is 5.01 Å². The summed E-state index contributed by atoms with van der Waals surface area (Å²) < 4.78 is 40.3. The molecule has 0 amide bonds. The highest BCUT2D eigenvalue weighted by molar-refractivity contribution is 7.15. The Morgan fingerprint density at radius 1 is 1.24 bits per heavy atom. The van der Waals surface area contributed by atoms with Crippen LogP contribution in [-0.2, 0) is 6.42 Å². The van der Waals surface area contributed by atoms with Gasteiger partial charge in [-0.05, 0) is 30.4 Å². The number of fused-ring (bicyclic) bond motifs is 1. The zero-order valence-corrected chi connectivity index (χ0v) is 12.5. The lowest BCUT2D eigenvalue weighted by Crippen LogP contribution is -2.28. The van der Waals surface area contributed by atoms with Crippen LogP contribution >= 0.6 is 11.3 Å². The van der Waals surface area contributed by atoms with Crippen molar-refractivity contribution in [1.82, 2.24) is 4.98 Å². The van der Waals surface area contributed by atoms with Crippen molar-refractivity contribution in [1.29, 1.82) is 0 Å². The summed E-state index contributed by atoms with van der Waals surface area (Å²) in [6.45, 7) is 4.21. The first-order chi connectivity index (χ1) is 9.78. The lowest BCUT2D eigenvalue weighted by atomic mass is 9.77. The molecule has 1 aliphatic carbocycles. The monoisotopic (exact) mass is 312 g/mol. The fraction of sp³-hybridized carbons (Fsp3) is 0.400. The molecule has 0 radical (unpaired) electrons. The molecule has 0 fully saturated rings. The van der Waals surface area contributed by atoms with Gasteiger partial charge in [-0.2, -0.15) is 0 Å². The van der Waals surface area contributed by atoms with E-state index in [0.717, 1.165) is 29.5 Å². The van der Waals surface area contributed by atoms with Gasteiger partial charge in [0.1, 0.15) is 5.01 Å². The Hall–Kier alpha value is -1.40. The van der Waals surface area contributed by atoms with Gasteiger partial charge in [-0.25, -0.2) is 18.2 Å². The second-order valence-electron chi connectivity index (χ2n) is 6.20. The standard InChI is InChI=1S/C15H15F3N2S/c1-15(2)5-9(19)13-10(6-15)20-14(21-13)7-3-4-8(16)12(18)11(7)17/h3-4,9H,5-6,19H2,1-2H3. The summed E-state index contributed by atoms with van der Waals surface area (Å²) in [5.41, 5.74) is 7.00. The fourth-order valence-electron chi connectivity index (χ4n) is 2.80. The van der Waals surface area contributed by atoms with E-state index >= 15 is 0 Å². The van der Waals surface area contributed by atoms with Gasteiger partial charge in [-0.3, -0.25) is 0 Å². The predicted molar refractivity (Wildman–Crippen MR) is 76.5 cm³/mol. The molecule has 3 rings (SSSR count). The van der Waals surface area contributed by atoms with Crippen LogP contribution in [0, 0.1) is 22.9 Å². The van der Waals surface area contributed by atoms with Crippen molar-refractivity contribution in [2.45, 2.75) is 32.7 Å². The van der Waals surface area contributed by atoms with E-state index < -0.39 is 17.5 Å². The van der Waals surface area contributed by atoms with E-state index in [2.05, 4.69) is 18.8 Å². The maximum absolute atomic E-state index is 13.9. The molecule has 1 aromatic carbocycles. The van der Waals surface area contributed by atoms with Gasteiger partial charge in [0, 0.05) is 16.5 Å². The second kappa shape index (κ2) is 4.81. The molecular weight excluding hydrogens is 297 g/mol. The summed E-state index contributed by atoms with van der Waals surface area (Å²) in [4.78, 5) is 5.32. The average molecular weight is 312 g/mol. The minimum Gasteiger partial charge on any atom is -0.323 e. The number of hydrogen-bond donors (Lipinski definition) is 1. The predicted octanol–water partition coefficient (Wildman–Crippen LogP) is 4.20. The molecule has 2 aromatic rings. The molecule has 1 atom stereocenters. The lowest BCUT2D eigenvalue weighted by molar-refractivity contribution is 0.282. The first-order valence-electron chi connectivity index (χ1n) is 6.67. The van der Waals surface area contributed by atoms with Crippen LogP contribution in [-0.4, -0.2) is 4.98 Å². The third kappa shape index (κ3) is 2.46. The number of rotatable bonds is 1. The first-order valence-corrected chi connectivity index (χ1v) is 7.49. The molecule has 1 aliphatic rings. The molecule has 0 saturated heterocycles. The van der Waals surface area contributed by atoms with E-state index in [1.165, 1.54) is 17.4 Å². The number of benzene rings is 1. The van der Waals surface area contributed by atoms with Crippen LogP contribution < -0.4 is 5.73 Å². The minimum absolute atomic E-state index is 0.0155. The quantitative estimate of drug-likeness (QED) is 0.802. The van der Waals surface area contributed by atoms with Crippen LogP contribution in [0.3, 0.4) is 0 Å². The van der Waals surface area contributed by atoms with Crippen LogP contribution in [0.4, 0.5) is 13.2 Å². The van der Waals surface area contributed by atoms with Crippen LogP contribution in [0.15, 0.2) is 12.1 Å². The minimum atomic E-state index is -1.47. The van der Waals surface area contributed by atoms with Gasteiger partial charge in [-0.15, -0.1) is 11.3 Å². The van der Waals surface area contributed by atoms with Gasteiger partial charge < -0.3 is 5.73 Å². The molecule has 21 heavy (non-hydrogen) atoms. The van der Waals surface area contributed by atoms with Gasteiger partial charge in [0.2, 0.25) is 0 Å². The number of aromatic nitrogens is 1. The Kier molecular flexibility index (Phi) is 3.33. The van der Waals surface area contributed by atoms with Crippen molar-refractivity contribution in [3.05, 3.63) is 40.2 Å². The Morgan fingerprint density at radius 3 is 2.67 bits per heavy atom. The number of nitrogens with two attached hydrogens (primary N) is 1. The maximum Gasteiger partial charge on any atom is 0.195 e. The molecule has 2 nitrogen and oxygen atoms in total. The van der Waals surface area contributed by atoms with E-state index in [1.54, 1.807) is 0 Å². The molecule has 1 aromatic heterocycles. The van der Waals surface area contributed by atoms with Crippen molar-refractivity contribution < 1.29 is 13.2 Å². The van der Waals surface area contributed by atoms with Crippen molar-refractivity contribution in [2.24, 2.45) is 11.1 Å². The molecule has 0 spiro atoms. The fourth-order valence-corrected chi connectivity index (χ4v) is 3.90. The molecule has 6 heteroatoms. The summed E-state index contributed by atoms with van der Waals surface area (Å²) in [7, 11) is 0. The molecule has 0 bridgehead atoms. The highest BCUT2D eigenvalue weighted by atomic mass is 32.1. The Balaban J connectivity index is 2.09. The van der Waals surface area contributed by atoms with Crippen molar-refractivity contribution in [2.75, 3.05) is 0 Å². The molecule has 1 heterocycles. The van der Waals surface area contributed by atoms with Gasteiger partial charge in [-0.1, -0.05) is 13.8 Å². The highest BCUT2D eigenvalue weighted by Crippen LogP contribution is 2.44. The lowest BCUT2D eigenvalue weighted by Gasteiger charge is -2.32. The van der Waals surface area contributed by atoms with E-state index in [-0.39, 0.29) is 17.0 Å². The van der Waals surface area contributed by atoms with Gasteiger partial charge in [0.25, 0.3) is 0 Å². The zero-order valence-electron chi connectivity index (χ0n) is 11.7. The summed E-state index contributed by atoms with van der Waals surface area (Å²) in [5, 5.41) is 0.351. The third-order valence-corrected chi connectivity index (χ3v) is 5.01. The smallest absolute Gasteiger partial charge is 0.195 e. The Morgan fingerprint density at radius 2 is 1.95 bits per heavy atom. The van der Waals surface area contributed by atoms with Crippen LogP contribution in [0.25, 0.3) is 10.6 Å². The van der Waals surface area contributed by atoms with Crippen molar-refractivity contribution >= 4 is 11.3 Å². The van der Waals surface area contributed by atoms with Crippen LogP contribution in [0.2, 0.25) is 0 Å². The molecular formula is C15H15F3N2S. The summed E-state index contributed by atoms with van der Waals surface area (Å²) in [6, 6.07) is 1.98. The topological polar surface area (TPSA) is 38.9 Å². The first kappa shape index (κ1) is 14.5. The average Bonchev–Trinajstić information content (AvgIpc) is 2.78. The number of nitrogens with zero attached hydrogens (tertiary/aromatic N) is 1. The Bertz CT molecular complexity index is 709. The molecule has 112 valence electrons. The highest BCUT2D eigenvalue weighted by Gasteiger charge is 2.33. The number of hydrogen-bond acceptors (Lipinski definition) is 3. The van der Waals surface area contributed by atoms with Gasteiger partial charge in [0.15, 0.2) is 17.5 Å². The Labute approximate surface area is 124 Å². The summed E-state index contributed by atoms with van der Waals surface area (Å²) >= 11 is 1.26. The van der Waals surface area contributed by atoms with Crippen LogP contribution in [0.1, 0.15) is 36.9 Å². The maximum atomic E-state index is 13.9.